The van der Waals surface area contributed by atoms with Gasteiger partial charge in [-0.2, -0.15) is 0 Å². The number of ether oxygens (including phenoxy) is 1. The number of carbonyl (C=O) groups is 2. The Morgan fingerprint density at radius 3 is 2.53 bits per heavy atom. The molecular weight excluding hydrogens is 416 g/mol. The van der Waals surface area contributed by atoms with Crippen LogP contribution in [0.25, 0.3) is 0 Å². The van der Waals surface area contributed by atoms with Crippen molar-refractivity contribution < 1.29 is 18.8 Å². The molecule has 2 aliphatic carbocycles. The molecule has 0 radical (unpaired) electrons. The van der Waals surface area contributed by atoms with E-state index in [4.69, 9.17) is 9.16 Å². The van der Waals surface area contributed by atoms with Gasteiger partial charge in [0.2, 0.25) is 0 Å². The first-order valence-electron chi connectivity index (χ1n) is 12.7. The van der Waals surface area contributed by atoms with Crippen LogP contribution >= 0.6 is 0 Å². The van der Waals surface area contributed by atoms with E-state index < -0.39 is 8.32 Å². The first kappa shape index (κ1) is 27.0. The van der Waals surface area contributed by atoms with E-state index in [-0.39, 0.29) is 35.1 Å². The average Bonchev–Trinajstić information content (AvgIpc) is 2.98. The molecule has 5 heteroatoms. The number of ketones is 1. The molecule has 182 valence electrons. The van der Waals surface area contributed by atoms with Crippen LogP contribution in [-0.2, 0) is 18.8 Å². The smallest absolute Gasteiger partial charge is 0.306 e. The molecule has 1 fully saturated rings. The summed E-state index contributed by atoms with van der Waals surface area (Å²) in [5, 5.41) is 0.135. The number of carbonyl (C=O) groups excluding carboxylic acids is 2. The van der Waals surface area contributed by atoms with Crippen molar-refractivity contribution >= 4 is 20.1 Å². The molecule has 0 aliphatic heterocycles. The minimum Gasteiger partial charge on any atom is -0.463 e. The van der Waals surface area contributed by atoms with Gasteiger partial charge in [0.25, 0.3) is 0 Å². The fourth-order valence-corrected chi connectivity index (χ4v) is 5.93. The van der Waals surface area contributed by atoms with Crippen LogP contribution < -0.4 is 0 Å². The Labute approximate surface area is 197 Å². The molecule has 0 bridgehead atoms. The van der Waals surface area contributed by atoms with Crippen LogP contribution in [0.4, 0.5) is 0 Å². The van der Waals surface area contributed by atoms with Crippen LogP contribution in [0.15, 0.2) is 23.8 Å². The van der Waals surface area contributed by atoms with Gasteiger partial charge in [0, 0.05) is 24.7 Å². The van der Waals surface area contributed by atoms with E-state index >= 15 is 0 Å². The molecule has 2 aliphatic rings. The van der Waals surface area contributed by atoms with E-state index in [0.29, 0.717) is 18.6 Å². The van der Waals surface area contributed by atoms with Crippen molar-refractivity contribution in [3.8, 4) is 0 Å². The Kier molecular flexibility index (Phi) is 9.96. The molecule has 2 rings (SSSR count). The highest BCUT2D eigenvalue weighted by molar-refractivity contribution is 6.74. The molecule has 0 spiro atoms. The third kappa shape index (κ3) is 7.69. The van der Waals surface area contributed by atoms with Gasteiger partial charge in [-0.25, -0.2) is 0 Å². The highest BCUT2D eigenvalue weighted by Crippen LogP contribution is 2.46. The van der Waals surface area contributed by atoms with Crippen molar-refractivity contribution in [2.24, 2.45) is 11.8 Å². The second-order valence-corrected chi connectivity index (χ2v) is 16.1. The fraction of sp³-hybridized carbons (Fsp3) is 0.778. The first-order valence-corrected chi connectivity index (χ1v) is 15.6. The number of Topliss-reactive ketones (excluding diaryl/α,β-unsaturated/α-hetero) is 1. The third-order valence-electron chi connectivity index (χ3n) is 7.33. The highest BCUT2D eigenvalue weighted by atomic mass is 28.4. The Hall–Kier alpha value is -1.20. The van der Waals surface area contributed by atoms with Crippen LogP contribution in [0.1, 0.15) is 92.4 Å². The summed E-state index contributed by atoms with van der Waals surface area (Å²) in [4.78, 5) is 24.8. The molecule has 4 nitrogen and oxygen atoms in total. The van der Waals surface area contributed by atoms with Crippen molar-refractivity contribution in [2.75, 3.05) is 0 Å². The van der Waals surface area contributed by atoms with E-state index in [9.17, 15) is 9.59 Å². The van der Waals surface area contributed by atoms with Crippen molar-refractivity contribution in [1.29, 1.82) is 0 Å². The molecule has 0 aromatic rings. The summed E-state index contributed by atoms with van der Waals surface area (Å²) in [5.41, 5.74) is 1.46. The monoisotopic (exact) mass is 462 g/mol. The summed E-state index contributed by atoms with van der Waals surface area (Å²) in [6, 6.07) is 0. The molecule has 32 heavy (non-hydrogen) atoms. The lowest BCUT2D eigenvalue weighted by molar-refractivity contribution is -0.147. The van der Waals surface area contributed by atoms with Gasteiger partial charge >= 0.3 is 5.97 Å². The number of unbranched alkanes of at least 4 members (excludes halogenated alkanes) is 1. The summed E-state index contributed by atoms with van der Waals surface area (Å²) >= 11 is 0. The Balaban J connectivity index is 2.02. The SMILES string of the molecule is CC(C)OC(=O)CCC/C=C\C[C@H]1C(=O)C[C@@H](O[Si](C)(C)C(C)(C)C)[C@@H]1C1=CCCCC1. The number of hydrogen-bond donors (Lipinski definition) is 0. The molecule has 0 unspecified atom stereocenters. The van der Waals surface area contributed by atoms with Crippen molar-refractivity contribution in [3.63, 3.8) is 0 Å². The molecular formula is C27H46O4Si. The molecule has 0 N–H and O–H groups in total. The van der Waals surface area contributed by atoms with Gasteiger partial charge in [0.15, 0.2) is 8.32 Å². The Bertz CT molecular complexity index is 699. The molecule has 0 saturated heterocycles. The minimum atomic E-state index is -1.95. The molecule has 0 heterocycles. The van der Waals surface area contributed by atoms with Crippen molar-refractivity contribution in [3.05, 3.63) is 23.8 Å². The van der Waals surface area contributed by atoms with Crippen LogP contribution in [0, 0.1) is 11.8 Å². The van der Waals surface area contributed by atoms with Gasteiger partial charge in [-0.1, -0.05) is 44.6 Å². The standard InChI is InChI=1S/C27H46O4Si/c1-20(2)30-25(29)18-14-9-8-13-17-22-23(28)19-24(31-32(6,7)27(3,4)5)26(22)21-15-11-10-12-16-21/h8,13,15,20,22,24,26H,9-12,14,16-19H2,1-7H3/b13-8-/t22-,24+,26+/m0/s1. The summed E-state index contributed by atoms with van der Waals surface area (Å²) in [6.07, 6.45) is 14.7. The Morgan fingerprint density at radius 2 is 1.94 bits per heavy atom. The predicted molar refractivity (Wildman–Crippen MR) is 134 cm³/mol. The van der Waals surface area contributed by atoms with Gasteiger partial charge in [-0.15, -0.1) is 0 Å². The molecule has 3 atom stereocenters. The predicted octanol–water partition coefficient (Wildman–Crippen LogP) is 7.15. The largest absolute Gasteiger partial charge is 0.463 e. The second kappa shape index (κ2) is 11.8. The quantitative estimate of drug-likeness (QED) is 0.150. The summed E-state index contributed by atoms with van der Waals surface area (Å²) in [5.74, 6) is 0.475. The second-order valence-electron chi connectivity index (χ2n) is 11.4. The molecule has 0 aromatic carbocycles. The van der Waals surface area contributed by atoms with E-state index in [1.54, 1.807) is 0 Å². The first-order chi connectivity index (χ1) is 14.9. The van der Waals surface area contributed by atoms with E-state index in [2.05, 4.69) is 52.1 Å². The normalized spacial score (nSPS) is 24.9. The summed E-state index contributed by atoms with van der Waals surface area (Å²) in [6.45, 7) is 15.1. The van der Waals surface area contributed by atoms with Gasteiger partial charge in [0.05, 0.1) is 12.2 Å². The molecule has 0 aromatic heterocycles. The van der Waals surface area contributed by atoms with Crippen LogP contribution in [0.5, 0.6) is 0 Å². The van der Waals surface area contributed by atoms with Crippen molar-refractivity contribution in [2.45, 2.75) is 123 Å². The maximum Gasteiger partial charge on any atom is 0.306 e. The number of esters is 1. The zero-order valence-corrected chi connectivity index (χ0v) is 22.5. The topological polar surface area (TPSA) is 52.6 Å². The van der Waals surface area contributed by atoms with E-state index in [1.807, 2.05) is 13.8 Å². The lowest BCUT2D eigenvalue weighted by Gasteiger charge is -2.40. The van der Waals surface area contributed by atoms with Gasteiger partial charge in [-0.05, 0) is 76.9 Å². The minimum absolute atomic E-state index is 0.0243. The van der Waals surface area contributed by atoms with Gasteiger partial charge < -0.3 is 9.16 Å². The zero-order valence-electron chi connectivity index (χ0n) is 21.5. The van der Waals surface area contributed by atoms with Gasteiger partial charge in [-0.3, -0.25) is 9.59 Å². The van der Waals surface area contributed by atoms with E-state index in [1.165, 1.54) is 18.4 Å². The lowest BCUT2D eigenvalue weighted by atomic mass is 9.80. The number of hydrogen-bond acceptors (Lipinski definition) is 4. The third-order valence-corrected chi connectivity index (χ3v) is 11.8. The summed E-state index contributed by atoms with van der Waals surface area (Å²) in [7, 11) is -1.95. The van der Waals surface area contributed by atoms with Crippen LogP contribution in [0.2, 0.25) is 18.1 Å². The molecule has 0 amide bonds. The zero-order chi connectivity index (χ0) is 23.9. The summed E-state index contributed by atoms with van der Waals surface area (Å²) < 4.78 is 12.0. The fourth-order valence-electron chi connectivity index (χ4n) is 4.59. The highest BCUT2D eigenvalue weighted by Gasteiger charge is 2.48. The van der Waals surface area contributed by atoms with Crippen molar-refractivity contribution in [1.82, 2.24) is 0 Å². The number of rotatable bonds is 10. The molecule has 1 saturated carbocycles. The maximum absolute atomic E-state index is 13.1. The van der Waals surface area contributed by atoms with Crippen LogP contribution in [0.3, 0.4) is 0 Å². The van der Waals surface area contributed by atoms with Gasteiger partial charge in [0.1, 0.15) is 5.78 Å². The Morgan fingerprint density at radius 1 is 1.22 bits per heavy atom. The van der Waals surface area contributed by atoms with Crippen LogP contribution in [-0.4, -0.2) is 32.3 Å². The maximum atomic E-state index is 13.1. The number of allylic oxidation sites excluding steroid dienone is 3. The average molecular weight is 463 g/mol. The van der Waals surface area contributed by atoms with E-state index in [0.717, 1.165) is 32.1 Å². The lowest BCUT2D eigenvalue weighted by Crippen LogP contribution is -2.45.